The third kappa shape index (κ3) is 2.90. The first-order valence-corrected chi connectivity index (χ1v) is 6.13. The van der Waals surface area contributed by atoms with Gasteiger partial charge < -0.3 is 10.3 Å². The van der Waals surface area contributed by atoms with Crippen LogP contribution in [0.4, 0.5) is 5.82 Å². The number of nitrogens with two attached hydrogens (primary N) is 1. The Labute approximate surface area is 110 Å². The molecule has 0 aliphatic rings. The molecule has 0 bridgehead atoms. The molecule has 0 aromatic carbocycles. The minimum atomic E-state index is -0.332. The Morgan fingerprint density at radius 2 is 2.05 bits per heavy atom. The molecule has 0 saturated heterocycles. The largest absolute Gasteiger partial charge is 0.384 e. The Hall–Kier alpha value is -2.37. The lowest BCUT2D eigenvalue weighted by atomic mass is 10.3. The number of hydrogen-bond donors (Lipinski definition) is 1. The van der Waals surface area contributed by atoms with Gasteiger partial charge in [-0.15, -0.1) is 0 Å². The zero-order valence-electron chi connectivity index (χ0n) is 10.7. The molecule has 100 valence electrons. The van der Waals surface area contributed by atoms with Gasteiger partial charge in [0.2, 0.25) is 0 Å². The van der Waals surface area contributed by atoms with Crippen LogP contribution in [-0.4, -0.2) is 14.1 Å². The molecular formula is C13H16N4O2. The van der Waals surface area contributed by atoms with Gasteiger partial charge in [-0.05, 0) is 18.6 Å². The molecule has 0 amide bonds. The van der Waals surface area contributed by atoms with E-state index in [2.05, 4.69) is 4.98 Å². The maximum Gasteiger partial charge on any atom is 0.331 e. The van der Waals surface area contributed by atoms with Crippen molar-refractivity contribution in [3.05, 3.63) is 57.0 Å². The Morgan fingerprint density at radius 1 is 1.26 bits per heavy atom. The van der Waals surface area contributed by atoms with Gasteiger partial charge in [0.15, 0.2) is 0 Å². The molecule has 2 aromatic heterocycles. The van der Waals surface area contributed by atoms with Crippen LogP contribution in [0.25, 0.3) is 0 Å². The van der Waals surface area contributed by atoms with Gasteiger partial charge in [-0.2, -0.15) is 0 Å². The predicted octanol–water partition coefficient (Wildman–Crippen LogP) is 0.446. The highest BCUT2D eigenvalue weighted by atomic mass is 16.2. The van der Waals surface area contributed by atoms with E-state index < -0.39 is 0 Å². The number of nitrogens with zero attached hydrogens (tertiary/aromatic N) is 3. The number of pyridine rings is 1. The van der Waals surface area contributed by atoms with Crippen LogP contribution in [0, 0.1) is 0 Å². The lowest BCUT2D eigenvalue weighted by molar-refractivity contribution is 0.567. The van der Waals surface area contributed by atoms with Gasteiger partial charge in [-0.3, -0.25) is 9.36 Å². The van der Waals surface area contributed by atoms with E-state index in [-0.39, 0.29) is 17.8 Å². The fourth-order valence-corrected chi connectivity index (χ4v) is 1.86. The van der Waals surface area contributed by atoms with Crippen LogP contribution in [0.2, 0.25) is 0 Å². The molecule has 2 rings (SSSR count). The Bertz CT molecular complexity index is 688. The molecule has 6 heteroatoms. The average Bonchev–Trinajstić information content (AvgIpc) is 2.38. The van der Waals surface area contributed by atoms with Crippen LogP contribution in [0.15, 0.2) is 40.1 Å². The van der Waals surface area contributed by atoms with Crippen LogP contribution in [-0.2, 0) is 13.1 Å². The van der Waals surface area contributed by atoms with Crippen molar-refractivity contribution in [1.82, 2.24) is 14.1 Å². The summed E-state index contributed by atoms with van der Waals surface area (Å²) in [7, 11) is 0. The van der Waals surface area contributed by atoms with Crippen LogP contribution in [0.3, 0.4) is 0 Å². The fraction of sp³-hybridized carbons (Fsp3) is 0.308. The molecule has 0 unspecified atom stereocenters. The monoisotopic (exact) mass is 260 g/mol. The summed E-state index contributed by atoms with van der Waals surface area (Å²) in [6.45, 7) is 2.69. The van der Waals surface area contributed by atoms with E-state index in [1.807, 2.05) is 6.92 Å². The Morgan fingerprint density at radius 3 is 2.74 bits per heavy atom. The van der Waals surface area contributed by atoms with Gasteiger partial charge in [0.25, 0.3) is 5.56 Å². The molecule has 2 heterocycles. The normalized spacial score (nSPS) is 10.6. The van der Waals surface area contributed by atoms with Crippen molar-refractivity contribution in [3.8, 4) is 0 Å². The first-order chi connectivity index (χ1) is 9.11. The summed E-state index contributed by atoms with van der Waals surface area (Å²) in [5.41, 5.74) is 5.52. The summed E-state index contributed by atoms with van der Waals surface area (Å²) in [4.78, 5) is 28.0. The van der Waals surface area contributed by atoms with Crippen molar-refractivity contribution in [3.63, 3.8) is 0 Å². The third-order valence-electron chi connectivity index (χ3n) is 2.75. The van der Waals surface area contributed by atoms with E-state index in [0.29, 0.717) is 18.1 Å². The lowest BCUT2D eigenvalue weighted by Gasteiger charge is -2.08. The van der Waals surface area contributed by atoms with Gasteiger partial charge in [0, 0.05) is 18.8 Å². The highest BCUT2D eigenvalue weighted by Crippen LogP contribution is 2.00. The van der Waals surface area contributed by atoms with Gasteiger partial charge in [0.05, 0.1) is 12.2 Å². The van der Waals surface area contributed by atoms with Crippen molar-refractivity contribution < 1.29 is 0 Å². The van der Waals surface area contributed by atoms with Crippen LogP contribution >= 0.6 is 0 Å². The first-order valence-electron chi connectivity index (χ1n) is 6.13. The van der Waals surface area contributed by atoms with Gasteiger partial charge in [0.1, 0.15) is 5.82 Å². The molecule has 0 spiro atoms. The summed E-state index contributed by atoms with van der Waals surface area (Å²) >= 11 is 0. The minimum Gasteiger partial charge on any atom is -0.384 e. The van der Waals surface area contributed by atoms with Crippen molar-refractivity contribution in [1.29, 1.82) is 0 Å². The van der Waals surface area contributed by atoms with Gasteiger partial charge >= 0.3 is 5.69 Å². The highest BCUT2D eigenvalue weighted by Gasteiger charge is 2.06. The van der Waals surface area contributed by atoms with E-state index in [1.54, 1.807) is 18.2 Å². The highest BCUT2D eigenvalue weighted by molar-refractivity contribution is 5.28. The number of aromatic nitrogens is 3. The SMILES string of the molecule is CCCn1ccc(=O)n(Cc2cccc(N)n2)c1=O. The molecule has 0 aliphatic heterocycles. The van der Waals surface area contributed by atoms with E-state index in [1.165, 1.54) is 16.8 Å². The second-order valence-corrected chi connectivity index (χ2v) is 4.27. The molecule has 2 aromatic rings. The van der Waals surface area contributed by atoms with E-state index in [4.69, 9.17) is 5.73 Å². The zero-order chi connectivity index (χ0) is 13.8. The molecule has 0 saturated carbocycles. The first kappa shape index (κ1) is 13.1. The Kier molecular flexibility index (Phi) is 3.79. The topological polar surface area (TPSA) is 82.9 Å². The van der Waals surface area contributed by atoms with Crippen LogP contribution < -0.4 is 17.0 Å². The summed E-state index contributed by atoms with van der Waals surface area (Å²) in [6.07, 6.45) is 2.35. The standard InChI is InChI=1S/C13H16N4O2/c1-2-7-16-8-6-12(18)17(13(16)19)9-10-4-3-5-11(14)15-10/h3-6,8H,2,7,9H2,1H3,(H2,14,15). The number of aryl methyl sites for hydroxylation is 1. The molecule has 19 heavy (non-hydrogen) atoms. The van der Waals surface area contributed by atoms with Crippen molar-refractivity contribution in [2.24, 2.45) is 0 Å². The zero-order valence-corrected chi connectivity index (χ0v) is 10.7. The van der Waals surface area contributed by atoms with Crippen LogP contribution in [0.1, 0.15) is 19.0 Å². The lowest BCUT2D eigenvalue weighted by Crippen LogP contribution is -2.39. The minimum absolute atomic E-state index is 0.132. The predicted molar refractivity (Wildman–Crippen MR) is 73.0 cm³/mol. The molecule has 0 aliphatic carbocycles. The van der Waals surface area contributed by atoms with Gasteiger partial charge in [-0.25, -0.2) is 9.78 Å². The van der Waals surface area contributed by atoms with Gasteiger partial charge in [-0.1, -0.05) is 13.0 Å². The number of rotatable bonds is 4. The van der Waals surface area contributed by atoms with Crippen molar-refractivity contribution in [2.75, 3.05) is 5.73 Å². The number of nitrogen functional groups attached to an aromatic ring is 1. The van der Waals surface area contributed by atoms with Crippen molar-refractivity contribution in [2.45, 2.75) is 26.4 Å². The van der Waals surface area contributed by atoms with Crippen molar-refractivity contribution >= 4 is 5.82 Å². The molecule has 2 N–H and O–H groups in total. The summed E-state index contributed by atoms with van der Waals surface area (Å²) < 4.78 is 2.69. The molecule has 0 radical (unpaired) electrons. The number of hydrogen-bond acceptors (Lipinski definition) is 4. The number of anilines is 1. The van der Waals surface area contributed by atoms with Crippen LogP contribution in [0.5, 0.6) is 0 Å². The second kappa shape index (κ2) is 5.51. The summed E-state index contributed by atoms with van der Waals surface area (Å²) in [5, 5.41) is 0. The van der Waals surface area contributed by atoms with E-state index in [9.17, 15) is 9.59 Å². The Balaban J connectivity index is 2.42. The maximum atomic E-state index is 12.1. The third-order valence-corrected chi connectivity index (χ3v) is 2.75. The molecule has 6 nitrogen and oxygen atoms in total. The maximum absolute atomic E-state index is 12.1. The van der Waals surface area contributed by atoms with E-state index in [0.717, 1.165) is 11.0 Å². The second-order valence-electron chi connectivity index (χ2n) is 4.27. The smallest absolute Gasteiger partial charge is 0.331 e. The molecule has 0 fully saturated rings. The van der Waals surface area contributed by atoms with E-state index >= 15 is 0 Å². The summed E-state index contributed by atoms with van der Waals surface area (Å²) in [5.74, 6) is 0.371. The molecular weight excluding hydrogens is 244 g/mol. The quantitative estimate of drug-likeness (QED) is 0.865. The average molecular weight is 260 g/mol. The molecule has 0 atom stereocenters. The summed E-state index contributed by atoms with van der Waals surface area (Å²) in [6, 6.07) is 6.53. The fourth-order valence-electron chi connectivity index (χ4n) is 1.86.